The first kappa shape index (κ1) is 19.1. The number of nitrogens with zero attached hydrogens (tertiary/aromatic N) is 2. The molecule has 0 bridgehead atoms. The van der Waals surface area contributed by atoms with Gasteiger partial charge in [0.25, 0.3) is 5.91 Å². The molecular weight excluding hydrogens is 353 g/mol. The highest BCUT2D eigenvalue weighted by atomic mass is 19.1. The van der Waals surface area contributed by atoms with Crippen molar-refractivity contribution in [1.82, 2.24) is 15.1 Å². The Balaban J connectivity index is 1.30. The van der Waals surface area contributed by atoms with E-state index >= 15 is 0 Å². The summed E-state index contributed by atoms with van der Waals surface area (Å²) in [5.74, 6) is 0.479. The number of piperidine rings is 1. The van der Waals surface area contributed by atoms with Gasteiger partial charge in [0, 0.05) is 44.8 Å². The van der Waals surface area contributed by atoms with Gasteiger partial charge in [0.2, 0.25) is 0 Å². The molecular formula is C23H28FN3O. The highest BCUT2D eigenvalue weighted by Crippen LogP contribution is 2.23. The molecule has 1 atom stereocenters. The number of hydrogen-bond donors (Lipinski definition) is 1. The fourth-order valence-electron chi connectivity index (χ4n) is 4.17. The summed E-state index contributed by atoms with van der Waals surface area (Å²) < 4.78 is 13.0. The van der Waals surface area contributed by atoms with E-state index < -0.39 is 0 Å². The SMILES string of the molecule is O=C(c1ccc([C@H]2CCCNC2)cc1)N1CCN(Cc2ccc(F)cc2)CC1. The summed E-state index contributed by atoms with van der Waals surface area (Å²) in [6, 6.07) is 14.9. The third kappa shape index (κ3) is 4.59. The average molecular weight is 381 g/mol. The van der Waals surface area contributed by atoms with Gasteiger partial charge in [-0.15, -0.1) is 0 Å². The van der Waals surface area contributed by atoms with E-state index in [2.05, 4.69) is 22.3 Å². The number of piperazine rings is 1. The van der Waals surface area contributed by atoms with Crippen molar-refractivity contribution in [3.8, 4) is 0 Å². The number of halogens is 1. The number of amides is 1. The molecule has 2 heterocycles. The predicted molar refractivity (Wildman–Crippen MR) is 109 cm³/mol. The normalized spacial score (nSPS) is 20.9. The van der Waals surface area contributed by atoms with E-state index in [9.17, 15) is 9.18 Å². The summed E-state index contributed by atoms with van der Waals surface area (Å²) in [6.45, 7) is 6.09. The molecule has 0 aromatic heterocycles. The predicted octanol–water partition coefficient (Wildman–Crippen LogP) is 3.25. The molecule has 2 aliphatic rings. The van der Waals surface area contributed by atoms with Crippen LogP contribution in [0.2, 0.25) is 0 Å². The van der Waals surface area contributed by atoms with Crippen LogP contribution in [-0.4, -0.2) is 55.0 Å². The second-order valence-electron chi connectivity index (χ2n) is 7.86. The average Bonchev–Trinajstić information content (AvgIpc) is 2.76. The monoisotopic (exact) mass is 381 g/mol. The molecule has 148 valence electrons. The standard InChI is InChI=1S/C23H28FN3O/c24-22-9-3-18(4-10-22)17-26-12-14-27(15-13-26)23(28)20-7-5-19(6-8-20)21-2-1-11-25-16-21/h3-10,21,25H,1-2,11-17H2/t21-/m0/s1. The van der Waals surface area contributed by atoms with Crippen LogP contribution in [-0.2, 0) is 6.54 Å². The summed E-state index contributed by atoms with van der Waals surface area (Å²) in [5, 5.41) is 3.45. The topological polar surface area (TPSA) is 35.6 Å². The summed E-state index contributed by atoms with van der Waals surface area (Å²) in [6.07, 6.45) is 2.43. The molecule has 2 fully saturated rings. The molecule has 28 heavy (non-hydrogen) atoms. The first-order valence-corrected chi connectivity index (χ1v) is 10.3. The van der Waals surface area contributed by atoms with E-state index in [4.69, 9.17) is 0 Å². The minimum Gasteiger partial charge on any atom is -0.336 e. The van der Waals surface area contributed by atoms with Crippen LogP contribution < -0.4 is 5.32 Å². The lowest BCUT2D eigenvalue weighted by atomic mass is 9.91. The highest BCUT2D eigenvalue weighted by Gasteiger charge is 2.23. The van der Waals surface area contributed by atoms with E-state index in [0.717, 1.165) is 56.9 Å². The fraction of sp³-hybridized carbons (Fsp3) is 0.435. The lowest BCUT2D eigenvalue weighted by Crippen LogP contribution is -2.48. The molecule has 0 unspecified atom stereocenters. The Morgan fingerprint density at radius 1 is 1.00 bits per heavy atom. The summed E-state index contributed by atoms with van der Waals surface area (Å²) >= 11 is 0. The quantitative estimate of drug-likeness (QED) is 0.883. The number of rotatable bonds is 4. The maximum Gasteiger partial charge on any atom is 0.253 e. The number of carbonyl (C=O) groups is 1. The second-order valence-corrected chi connectivity index (χ2v) is 7.86. The minimum atomic E-state index is -0.204. The van der Waals surface area contributed by atoms with E-state index in [1.54, 1.807) is 0 Å². The van der Waals surface area contributed by atoms with Gasteiger partial charge in [0.05, 0.1) is 0 Å². The van der Waals surface area contributed by atoms with Gasteiger partial charge in [-0.2, -0.15) is 0 Å². The molecule has 2 aromatic rings. The van der Waals surface area contributed by atoms with Gasteiger partial charge in [-0.3, -0.25) is 9.69 Å². The molecule has 4 nitrogen and oxygen atoms in total. The smallest absolute Gasteiger partial charge is 0.253 e. The van der Waals surface area contributed by atoms with Crippen LogP contribution in [0.5, 0.6) is 0 Å². The zero-order valence-corrected chi connectivity index (χ0v) is 16.2. The number of nitrogens with one attached hydrogen (secondary N) is 1. The van der Waals surface area contributed by atoms with Gasteiger partial charge in [0.1, 0.15) is 5.82 Å². The number of benzene rings is 2. The van der Waals surface area contributed by atoms with Crippen molar-refractivity contribution in [2.24, 2.45) is 0 Å². The molecule has 2 saturated heterocycles. The van der Waals surface area contributed by atoms with Gasteiger partial charge >= 0.3 is 0 Å². The first-order chi connectivity index (χ1) is 13.7. The molecule has 4 rings (SSSR count). The van der Waals surface area contributed by atoms with Gasteiger partial charge in [0.15, 0.2) is 0 Å². The Morgan fingerprint density at radius 3 is 2.36 bits per heavy atom. The van der Waals surface area contributed by atoms with Crippen LogP contribution >= 0.6 is 0 Å². The van der Waals surface area contributed by atoms with Crippen molar-refractivity contribution in [2.75, 3.05) is 39.3 Å². The Hall–Kier alpha value is -2.24. The van der Waals surface area contributed by atoms with Crippen LogP contribution in [0.1, 0.15) is 40.2 Å². The molecule has 2 aromatic carbocycles. The van der Waals surface area contributed by atoms with Crippen molar-refractivity contribution in [1.29, 1.82) is 0 Å². The minimum absolute atomic E-state index is 0.120. The third-order valence-electron chi connectivity index (χ3n) is 5.90. The Labute approximate surface area is 166 Å². The zero-order chi connectivity index (χ0) is 19.3. The van der Waals surface area contributed by atoms with Crippen LogP contribution in [0.25, 0.3) is 0 Å². The Kier molecular flexibility index (Phi) is 6.03. The molecule has 1 amide bonds. The van der Waals surface area contributed by atoms with E-state index in [1.165, 1.54) is 30.5 Å². The number of carbonyl (C=O) groups excluding carboxylic acids is 1. The van der Waals surface area contributed by atoms with E-state index in [1.807, 2.05) is 29.2 Å². The van der Waals surface area contributed by atoms with Gasteiger partial charge in [-0.25, -0.2) is 4.39 Å². The van der Waals surface area contributed by atoms with E-state index in [-0.39, 0.29) is 11.7 Å². The fourth-order valence-corrected chi connectivity index (χ4v) is 4.17. The second kappa shape index (κ2) is 8.84. The van der Waals surface area contributed by atoms with Gasteiger partial charge in [-0.05, 0) is 60.7 Å². The number of hydrogen-bond acceptors (Lipinski definition) is 3. The molecule has 0 radical (unpaired) electrons. The lowest BCUT2D eigenvalue weighted by Gasteiger charge is -2.35. The van der Waals surface area contributed by atoms with Crippen molar-refractivity contribution < 1.29 is 9.18 Å². The molecule has 1 N–H and O–H groups in total. The van der Waals surface area contributed by atoms with Gasteiger partial charge < -0.3 is 10.2 Å². The van der Waals surface area contributed by atoms with Crippen molar-refractivity contribution in [3.63, 3.8) is 0 Å². The molecule has 5 heteroatoms. The Morgan fingerprint density at radius 2 is 1.71 bits per heavy atom. The Bertz CT molecular complexity index is 776. The van der Waals surface area contributed by atoms with Crippen LogP contribution in [0, 0.1) is 5.82 Å². The van der Waals surface area contributed by atoms with Crippen LogP contribution in [0.4, 0.5) is 4.39 Å². The third-order valence-corrected chi connectivity index (χ3v) is 5.90. The molecule has 2 aliphatic heterocycles. The van der Waals surface area contributed by atoms with Crippen molar-refractivity contribution in [3.05, 3.63) is 71.0 Å². The summed E-state index contributed by atoms with van der Waals surface area (Å²) in [4.78, 5) is 17.1. The lowest BCUT2D eigenvalue weighted by molar-refractivity contribution is 0.0628. The van der Waals surface area contributed by atoms with Crippen LogP contribution in [0.3, 0.4) is 0 Å². The largest absolute Gasteiger partial charge is 0.336 e. The van der Waals surface area contributed by atoms with Crippen molar-refractivity contribution in [2.45, 2.75) is 25.3 Å². The first-order valence-electron chi connectivity index (χ1n) is 10.3. The maximum atomic E-state index is 13.0. The van der Waals surface area contributed by atoms with Gasteiger partial charge in [-0.1, -0.05) is 24.3 Å². The summed E-state index contributed by atoms with van der Waals surface area (Å²) in [5.41, 5.74) is 3.21. The molecule has 0 saturated carbocycles. The maximum absolute atomic E-state index is 13.0. The molecule has 0 spiro atoms. The van der Waals surface area contributed by atoms with E-state index in [0.29, 0.717) is 5.92 Å². The van der Waals surface area contributed by atoms with Crippen LogP contribution in [0.15, 0.2) is 48.5 Å². The van der Waals surface area contributed by atoms with Crippen molar-refractivity contribution >= 4 is 5.91 Å². The zero-order valence-electron chi connectivity index (χ0n) is 16.2. The summed E-state index contributed by atoms with van der Waals surface area (Å²) in [7, 11) is 0. The highest BCUT2D eigenvalue weighted by molar-refractivity contribution is 5.94. The molecule has 0 aliphatic carbocycles.